The second-order valence-corrected chi connectivity index (χ2v) is 9.78. The fraction of sp³-hybridized carbons (Fsp3) is 0.850. The molecule has 2 bridgehead atoms. The number of ether oxygens (including phenoxy) is 1. The molecule has 3 rings (SSSR count). The lowest BCUT2D eigenvalue weighted by atomic mass is 9.70. The van der Waals surface area contributed by atoms with Gasteiger partial charge in [-0.05, 0) is 33.1 Å². The Bertz CT molecular complexity index is 671. The van der Waals surface area contributed by atoms with E-state index >= 15 is 0 Å². The van der Waals surface area contributed by atoms with Crippen LogP contribution >= 0.6 is 15.9 Å². The summed E-state index contributed by atoms with van der Waals surface area (Å²) >= 11 is 3.63. The number of halogens is 1. The molecule has 3 N–H and O–H groups in total. The summed E-state index contributed by atoms with van der Waals surface area (Å²) in [6.45, 7) is 7.84. The standard InChI is InChI=1S/C20H32BrN3O5/c1-5-7-22-17(26)13-14-19(28)24(11(6-2)9-25)16(18(27)23-10(3)4)20(14)8-12(21)15(13)29-20/h10-16,25H,5-9H2,1-4H3,(H,22,26)(H,23,27)/t11-,12?,13+,14-,15+,16?,20?/m0/s1. The highest BCUT2D eigenvalue weighted by Gasteiger charge is 2.76. The molecule has 0 aromatic rings. The molecule has 0 radical (unpaired) electrons. The summed E-state index contributed by atoms with van der Waals surface area (Å²) in [7, 11) is 0. The van der Waals surface area contributed by atoms with Crippen molar-refractivity contribution in [1.82, 2.24) is 15.5 Å². The van der Waals surface area contributed by atoms with E-state index in [1.807, 2.05) is 27.7 Å². The lowest BCUT2D eigenvalue weighted by Crippen LogP contribution is -2.59. The minimum atomic E-state index is -1.06. The van der Waals surface area contributed by atoms with E-state index in [1.165, 1.54) is 4.90 Å². The van der Waals surface area contributed by atoms with Gasteiger partial charge in [-0.15, -0.1) is 0 Å². The number of nitrogens with zero attached hydrogens (tertiary/aromatic N) is 1. The third-order valence-electron chi connectivity index (χ3n) is 6.33. The van der Waals surface area contributed by atoms with Gasteiger partial charge >= 0.3 is 0 Å². The molecule has 7 atom stereocenters. The molecule has 0 saturated carbocycles. The predicted octanol–water partition coefficient (Wildman–Crippen LogP) is 0.556. The number of nitrogens with one attached hydrogen (secondary N) is 2. The second-order valence-electron chi connectivity index (χ2n) is 8.61. The van der Waals surface area contributed by atoms with Gasteiger partial charge < -0.3 is 25.4 Å². The van der Waals surface area contributed by atoms with Gasteiger partial charge in [0, 0.05) is 17.4 Å². The van der Waals surface area contributed by atoms with Crippen LogP contribution < -0.4 is 10.6 Å². The van der Waals surface area contributed by atoms with E-state index < -0.39 is 35.6 Å². The molecule has 0 aliphatic carbocycles. The van der Waals surface area contributed by atoms with Gasteiger partial charge in [-0.25, -0.2) is 0 Å². The number of carbonyl (C=O) groups is 3. The fourth-order valence-electron chi connectivity index (χ4n) is 5.20. The number of carbonyl (C=O) groups excluding carboxylic acids is 3. The molecular formula is C20H32BrN3O5. The zero-order valence-corrected chi connectivity index (χ0v) is 19.1. The van der Waals surface area contributed by atoms with Crippen LogP contribution in [0.2, 0.25) is 0 Å². The molecule has 3 fully saturated rings. The van der Waals surface area contributed by atoms with E-state index in [-0.39, 0.29) is 35.2 Å². The monoisotopic (exact) mass is 473 g/mol. The van der Waals surface area contributed by atoms with Gasteiger partial charge in [-0.1, -0.05) is 29.8 Å². The first-order valence-corrected chi connectivity index (χ1v) is 11.5. The van der Waals surface area contributed by atoms with Crippen molar-refractivity contribution in [2.45, 2.75) is 81.6 Å². The maximum absolute atomic E-state index is 13.6. The Labute approximate surface area is 180 Å². The van der Waals surface area contributed by atoms with Crippen molar-refractivity contribution in [3.8, 4) is 0 Å². The minimum absolute atomic E-state index is 0.105. The number of alkyl halides is 1. The Hall–Kier alpha value is -1.19. The summed E-state index contributed by atoms with van der Waals surface area (Å²) in [4.78, 5) is 41.2. The van der Waals surface area contributed by atoms with Gasteiger partial charge in [0.2, 0.25) is 17.7 Å². The second kappa shape index (κ2) is 8.51. The van der Waals surface area contributed by atoms with Crippen LogP contribution in [-0.4, -0.2) is 75.5 Å². The molecule has 8 nitrogen and oxygen atoms in total. The minimum Gasteiger partial charge on any atom is -0.394 e. The summed E-state index contributed by atoms with van der Waals surface area (Å²) in [6.07, 6.45) is 1.32. The van der Waals surface area contributed by atoms with Crippen LogP contribution in [-0.2, 0) is 19.1 Å². The van der Waals surface area contributed by atoms with Crippen molar-refractivity contribution in [3.05, 3.63) is 0 Å². The van der Waals surface area contributed by atoms with E-state index in [0.29, 0.717) is 19.4 Å². The third kappa shape index (κ3) is 3.49. The van der Waals surface area contributed by atoms with Gasteiger partial charge in [-0.2, -0.15) is 0 Å². The summed E-state index contributed by atoms with van der Waals surface area (Å²) < 4.78 is 6.35. The van der Waals surface area contributed by atoms with Crippen molar-refractivity contribution in [2.24, 2.45) is 11.8 Å². The van der Waals surface area contributed by atoms with Gasteiger partial charge in [0.05, 0.1) is 30.6 Å². The first-order valence-electron chi connectivity index (χ1n) is 10.6. The van der Waals surface area contributed by atoms with Crippen LogP contribution in [0.25, 0.3) is 0 Å². The SMILES string of the molecule is CCCNC(=O)[C@H]1[C@@H]2OC3(CC2Br)C(C(=O)NC(C)C)N([C@@H](CC)CO)C(=O)[C@H]13. The maximum atomic E-state index is 13.6. The first kappa shape index (κ1) is 22.5. The Morgan fingerprint density at radius 3 is 2.59 bits per heavy atom. The molecule has 3 aliphatic rings. The van der Waals surface area contributed by atoms with Crippen molar-refractivity contribution < 1.29 is 24.2 Å². The Morgan fingerprint density at radius 1 is 1.34 bits per heavy atom. The number of aliphatic hydroxyl groups excluding tert-OH is 1. The topological polar surface area (TPSA) is 108 Å². The third-order valence-corrected chi connectivity index (χ3v) is 7.18. The molecule has 3 unspecified atom stereocenters. The maximum Gasteiger partial charge on any atom is 0.246 e. The number of hydrogen-bond acceptors (Lipinski definition) is 5. The largest absolute Gasteiger partial charge is 0.394 e. The average molecular weight is 474 g/mol. The highest BCUT2D eigenvalue weighted by Crippen LogP contribution is 2.60. The molecule has 3 heterocycles. The average Bonchev–Trinajstić information content (AvgIpc) is 3.24. The summed E-state index contributed by atoms with van der Waals surface area (Å²) in [5.41, 5.74) is -1.06. The van der Waals surface area contributed by atoms with E-state index in [9.17, 15) is 19.5 Å². The summed E-state index contributed by atoms with van der Waals surface area (Å²) in [5, 5.41) is 15.7. The molecule has 1 spiro atoms. The number of fused-ring (bicyclic) bond motifs is 1. The molecular weight excluding hydrogens is 442 g/mol. The molecule has 3 amide bonds. The molecule has 164 valence electrons. The van der Waals surface area contributed by atoms with Crippen molar-refractivity contribution in [1.29, 1.82) is 0 Å². The van der Waals surface area contributed by atoms with Crippen LogP contribution in [0.15, 0.2) is 0 Å². The molecule has 0 aromatic heterocycles. The van der Waals surface area contributed by atoms with E-state index in [4.69, 9.17) is 4.74 Å². The summed E-state index contributed by atoms with van der Waals surface area (Å²) in [5.74, 6) is -2.14. The van der Waals surface area contributed by atoms with Crippen LogP contribution in [0.3, 0.4) is 0 Å². The Morgan fingerprint density at radius 2 is 2.03 bits per heavy atom. The van der Waals surface area contributed by atoms with Gasteiger partial charge in [0.15, 0.2) is 0 Å². The number of rotatable bonds is 8. The first-order chi connectivity index (χ1) is 13.7. The smallest absolute Gasteiger partial charge is 0.246 e. The fourth-order valence-corrected chi connectivity index (χ4v) is 6.15. The van der Waals surface area contributed by atoms with Gasteiger partial charge in [0.25, 0.3) is 0 Å². The molecule has 3 saturated heterocycles. The lowest BCUT2D eigenvalue weighted by molar-refractivity contribution is -0.145. The lowest BCUT2D eigenvalue weighted by Gasteiger charge is -2.37. The van der Waals surface area contributed by atoms with Crippen molar-refractivity contribution in [2.75, 3.05) is 13.2 Å². The zero-order valence-electron chi connectivity index (χ0n) is 17.5. The predicted molar refractivity (Wildman–Crippen MR) is 110 cm³/mol. The normalized spacial score (nSPS) is 36.4. The molecule has 29 heavy (non-hydrogen) atoms. The van der Waals surface area contributed by atoms with Crippen molar-refractivity contribution in [3.63, 3.8) is 0 Å². The molecule has 3 aliphatic heterocycles. The number of amides is 3. The highest BCUT2D eigenvalue weighted by atomic mass is 79.9. The van der Waals surface area contributed by atoms with Crippen LogP contribution in [0.4, 0.5) is 0 Å². The Kier molecular flexibility index (Phi) is 6.60. The number of likely N-dealkylation sites (tertiary alicyclic amines) is 1. The van der Waals surface area contributed by atoms with Crippen LogP contribution in [0.5, 0.6) is 0 Å². The number of aliphatic hydroxyl groups is 1. The molecule has 0 aromatic carbocycles. The highest BCUT2D eigenvalue weighted by molar-refractivity contribution is 9.09. The van der Waals surface area contributed by atoms with Crippen LogP contribution in [0, 0.1) is 11.8 Å². The Balaban J connectivity index is 2.04. The van der Waals surface area contributed by atoms with E-state index in [2.05, 4.69) is 26.6 Å². The van der Waals surface area contributed by atoms with Gasteiger partial charge in [0.1, 0.15) is 11.6 Å². The van der Waals surface area contributed by atoms with E-state index in [0.717, 1.165) is 6.42 Å². The van der Waals surface area contributed by atoms with Crippen LogP contribution in [0.1, 0.15) is 47.0 Å². The summed E-state index contributed by atoms with van der Waals surface area (Å²) in [6, 6.07) is -1.47. The van der Waals surface area contributed by atoms with E-state index in [1.54, 1.807) is 0 Å². The van der Waals surface area contributed by atoms with Crippen molar-refractivity contribution >= 4 is 33.7 Å². The molecule has 9 heteroatoms. The zero-order chi connectivity index (χ0) is 21.5. The quantitative estimate of drug-likeness (QED) is 0.446. The number of hydrogen-bond donors (Lipinski definition) is 3. The van der Waals surface area contributed by atoms with Gasteiger partial charge in [-0.3, -0.25) is 14.4 Å².